The number of nitrogens with two attached hydrogens (primary N) is 1. The first-order valence-corrected chi connectivity index (χ1v) is 14.6. The van der Waals surface area contributed by atoms with Gasteiger partial charge in [0.25, 0.3) is 11.8 Å². The van der Waals surface area contributed by atoms with E-state index in [1.165, 1.54) is 16.7 Å². The van der Waals surface area contributed by atoms with Gasteiger partial charge >= 0.3 is 11.6 Å². The summed E-state index contributed by atoms with van der Waals surface area (Å²) in [5.41, 5.74) is 7.56. The number of nitrogens with one attached hydrogen (secondary N) is 2. The zero-order chi connectivity index (χ0) is 29.1. The molecular formula is C24H29N10O5S2+. The molecule has 216 valence electrons. The minimum Gasteiger partial charge on any atom is -0.477 e. The van der Waals surface area contributed by atoms with Crippen molar-refractivity contribution in [1.82, 2.24) is 34.4 Å². The fourth-order valence-corrected chi connectivity index (χ4v) is 6.45. The predicted molar refractivity (Wildman–Crippen MR) is 151 cm³/mol. The van der Waals surface area contributed by atoms with Crippen LogP contribution in [0.25, 0.3) is 11.2 Å². The quantitative estimate of drug-likeness (QED) is 0.0690. The van der Waals surface area contributed by atoms with E-state index in [-0.39, 0.29) is 35.5 Å². The van der Waals surface area contributed by atoms with E-state index in [1.807, 2.05) is 29.9 Å². The van der Waals surface area contributed by atoms with Gasteiger partial charge in [-0.1, -0.05) is 5.16 Å². The number of rotatable bonds is 12. The van der Waals surface area contributed by atoms with Crippen LogP contribution in [-0.4, -0.2) is 89.8 Å². The van der Waals surface area contributed by atoms with Gasteiger partial charge in [-0.25, -0.2) is 9.36 Å². The Kier molecular flexibility index (Phi) is 8.46. The molecule has 0 saturated carbocycles. The van der Waals surface area contributed by atoms with Crippen LogP contribution in [-0.2, 0) is 32.3 Å². The molecular weight excluding hydrogens is 572 g/mol. The monoisotopic (exact) mass is 601 g/mol. The minimum absolute atomic E-state index is 0.0255. The number of anilines is 1. The van der Waals surface area contributed by atoms with Crippen molar-refractivity contribution >= 4 is 63.1 Å². The number of fused-ring (bicyclic) bond motifs is 2. The van der Waals surface area contributed by atoms with Crippen molar-refractivity contribution in [2.75, 3.05) is 31.7 Å². The summed E-state index contributed by atoms with van der Waals surface area (Å²) in [6.45, 7) is 3.81. The van der Waals surface area contributed by atoms with Gasteiger partial charge in [0.2, 0.25) is 17.9 Å². The van der Waals surface area contributed by atoms with Crippen LogP contribution in [0.2, 0.25) is 0 Å². The number of hydrogen-bond donors (Lipinski definition) is 4. The number of β-lactam (4-membered cyclic amide) rings is 1. The normalized spacial score (nSPS) is 18.8. The number of nitrogen functional groups attached to an aromatic ring is 1. The predicted octanol–water partition coefficient (Wildman–Crippen LogP) is -0.454. The second-order valence-corrected chi connectivity index (χ2v) is 11.1. The van der Waals surface area contributed by atoms with Gasteiger partial charge in [0.15, 0.2) is 5.13 Å². The second kappa shape index (κ2) is 12.2. The summed E-state index contributed by atoms with van der Waals surface area (Å²) in [7, 11) is 1.91. The third-order valence-corrected chi connectivity index (χ3v) is 8.41. The molecule has 2 amide bonds. The molecule has 41 heavy (non-hydrogen) atoms. The van der Waals surface area contributed by atoms with Crippen LogP contribution in [0.4, 0.5) is 5.13 Å². The maximum absolute atomic E-state index is 13.2. The third kappa shape index (κ3) is 5.59. The Morgan fingerprint density at radius 1 is 1.39 bits per heavy atom. The summed E-state index contributed by atoms with van der Waals surface area (Å²) < 4.78 is 7.95. The maximum atomic E-state index is 13.2. The molecule has 17 heteroatoms. The van der Waals surface area contributed by atoms with E-state index in [4.69, 9.17) is 10.6 Å². The number of aromatic nitrogens is 5. The zero-order valence-electron chi connectivity index (χ0n) is 22.3. The molecule has 2 atom stereocenters. The number of imidazole rings is 1. The number of nitrogens with zero attached hydrogens (tertiary/aromatic N) is 7. The van der Waals surface area contributed by atoms with Crippen LogP contribution < -0.4 is 20.9 Å². The summed E-state index contributed by atoms with van der Waals surface area (Å²) in [5, 5.41) is 19.2. The fourth-order valence-electron chi connectivity index (χ4n) is 4.68. The highest BCUT2D eigenvalue weighted by Gasteiger charge is 2.54. The molecule has 5 heterocycles. The number of aliphatic carboxylic acids is 1. The molecule has 1 fully saturated rings. The number of thioether (sulfide) groups is 1. The average molecular weight is 602 g/mol. The van der Waals surface area contributed by atoms with Crippen molar-refractivity contribution in [3.63, 3.8) is 0 Å². The Labute approximate surface area is 242 Å². The largest absolute Gasteiger partial charge is 0.477 e. The first-order chi connectivity index (χ1) is 19.8. The topological polar surface area (TPSA) is 194 Å². The summed E-state index contributed by atoms with van der Waals surface area (Å²) in [6.07, 6.45) is 4.56. The van der Waals surface area contributed by atoms with Crippen LogP contribution in [0.1, 0.15) is 19.2 Å². The van der Waals surface area contributed by atoms with Crippen molar-refractivity contribution in [1.29, 1.82) is 0 Å². The standard InChI is InChI=1S/C24H28N10O5S2/c1-3-39-30-15(18-29-24(25)41-31-18)20(35)28-16-21(36)34-17(23(37)38)13(11-40-22(16)34)10-32-8-4-6-14-19(32)27-12-33(14)9-5-7-26-2/h4,6,8,12,16,22,26H,3,5,7,9-11H2,1-2H3,(H3-,25,28,29,31,35,37,38)/p+1/t16?,22-/m0/s1. The smallest absolute Gasteiger partial charge is 0.352 e. The lowest BCUT2D eigenvalue weighted by Gasteiger charge is -2.49. The molecule has 2 aliphatic rings. The Hall–Kier alpha value is -4.09. The zero-order valence-corrected chi connectivity index (χ0v) is 23.9. The van der Waals surface area contributed by atoms with E-state index in [0.29, 0.717) is 11.3 Å². The summed E-state index contributed by atoms with van der Waals surface area (Å²) >= 11 is 2.26. The van der Waals surface area contributed by atoms with Gasteiger partial charge in [0.1, 0.15) is 35.8 Å². The van der Waals surface area contributed by atoms with Crippen LogP contribution in [0.15, 0.2) is 41.1 Å². The van der Waals surface area contributed by atoms with Gasteiger partial charge in [0, 0.05) is 29.4 Å². The Bertz CT molecular complexity index is 1550. The lowest BCUT2D eigenvalue weighted by molar-refractivity contribution is -0.664. The number of aryl methyl sites for hydroxylation is 1. The van der Waals surface area contributed by atoms with Gasteiger partial charge < -0.3 is 30.9 Å². The number of hydrogen-bond acceptors (Lipinski definition) is 12. The molecule has 3 aromatic rings. The second-order valence-electron chi connectivity index (χ2n) is 9.17. The van der Waals surface area contributed by atoms with Crippen molar-refractivity contribution in [2.24, 2.45) is 5.16 Å². The van der Waals surface area contributed by atoms with Gasteiger partial charge in [0.05, 0.1) is 6.20 Å². The molecule has 0 radical (unpaired) electrons. The highest BCUT2D eigenvalue weighted by Crippen LogP contribution is 2.40. The highest BCUT2D eigenvalue weighted by molar-refractivity contribution is 8.00. The molecule has 1 unspecified atom stereocenters. The summed E-state index contributed by atoms with van der Waals surface area (Å²) in [4.78, 5) is 53.5. The minimum atomic E-state index is -1.21. The first-order valence-electron chi connectivity index (χ1n) is 12.8. The fraction of sp³-hybridized carbons (Fsp3) is 0.417. The molecule has 0 bridgehead atoms. The van der Waals surface area contributed by atoms with Crippen molar-refractivity contribution in [3.8, 4) is 0 Å². The number of pyridine rings is 1. The van der Waals surface area contributed by atoms with E-state index in [1.54, 1.807) is 13.3 Å². The number of carboxylic acid groups (broad SMARTS) is 1. The molecule has 0 aromatic carbocycles. The van der Waals surface area contributed by atoms with Crippen LogP contribution >= 0.6 is 23.3 Å². The van der Waals surface area contributed by atoms with Crippen molar-refractivity contribution in [2.45, 2.75) is 37.8 Å². The van der Waals surface area contributed by atoms with Gasteiger partial charge in [-0.3, -0.25) is 14.5 Å². The SMILES string of the molecule is CCON=C(C(=O)NC1C(=O)N2C(C(=O)O)=C(C[n+]3cccc4c3ncn4CCCNC)CS[C@@H]12)c1nsc(N)n1. The van der Waals surface area contributed by atoms with Gasteiger partial charge in [-0.05, 0) is 44.1 Å². The first kappa shape index (κ1) is 28.4. The Balaban J connectivity index is 1.35. The number of carbonyl (C=O) groups is 3. The van der Waals surface area contributed by atoms with Crippen LogP contribution in [0, 0.1) is 0 Å². The van der Waals surface area contributed by atoms with Crippen LogP contribution in [0.5, 0.6) is 0 Å². The highest BCUT2D eigenvalue weighted by atomic mass is 32.2. The van der Waals surface area contributed by atoms with Crippen molar-refractivity contribution < 1.29 is 28.9 Å². The number of amides is 2. The molecule has 0 aliphatic carbocycles. The van der Waals surface area contributed by atoms with Gasteiger partial charge in [-0.2, -0.15) is 9.36 Å². The third-order valence-electron chi connectivity index (χ3n) is 6.53. The van der Waals surface area contributed by atoms with Crippen LogP contribution in [0.3, 0.4) is 0 Å². The molecule has 1 saturated heterocycles. The molecule has 15 nitrogen and oxygen atoms in total. The van der Waals surface area contributed by atoms with E-state index in [9.17, 15) is 19.5 Å². The Morgan fingerprint density at radius 2 is 2.22 bits per heavy atom. The van der Waals surface area contributed by atoms with Crippen molar-refractivity contribution in [3.05, 3.63) is 41.8 Å². The molecule has 0 spiro atoms. The lowest BCUT2D eigenvalue weighted by atomic mass is 10.0. The Morgan fingerprint density at radius 3 is 2.93 bits per heavy atom. The molecule has 5 rings (SSSR count). The maximum Gasteiger partial charge on any atom is 0.352 e. The molecule has 2 aliphatic heterocycles. The lowest BCUT2D eigenvalue weighted by Crippen LogP contribution is -2.71. The molecule has 3 aromatic heterocycles. The van der Waals surface area contributed by atoms with E-state index < -0.39 is 29.2 Å². The summed E-state index contributed by atoms with van der Waals surface area (Å²) in [6, 6.07) is 2.90. The summed E-state index contributed by atoms with van der Waals surface area (Å²) in [5.74, 6) is -2.16. The van der Waals surface area contributed by atoms with Gasteiger partial charge in [-0.15, -0.1) is 11.8 Å². The van der Waals surface area contributed by atoms with E-state index >= 15 is 0 Å². The van der Waals surface area contributed by atoms with E-state index in [2.05, 4.69) is 34.7 Å². The number of oxime groups is 1. The molecule has 5 N–H and O–H groups in total. The number of carbonyl (C=O) groups excluding carboxylic acids is 2. The average Bonchev–Trinajstić information content (AvgIpc) is 3.58. The van der Waals surface area contributed by atoms with E-state index in [0.717, 1.165) is 42.2 Å². The number of carboxylic acids is 1.